The zero-order valence-electron chi connectivity index (χ0n) is 12.4. The summed E-state index contributed by atoms with van der Waals surface area (Å²) in [6, 6.07) is 7.90. The summed E-state index contributed by atoms with van der Waals surface area (Å²) in [7, 11) is 1.25. The van der Waals surface area contributed by atoms with E-state index in [9.17, 15) is 9.59 Å². The van der Waals surface area contributed by atoms with Crippen LogP contribution in [0.2, 0.25) is 0 Å². The first-order valence-corrected chi connectivity index (χ1v) is 6.64. The van der Waals surface area contributed by atoms with Crippen molar-refractivity contribution in [2.45, 2.75) is 20.0 Å². The molecule has 2 aromatic rings. The van der Waals surface area contributed by atoms with Crippen molar-refractivity contribution in [3.63, 3.8) is 0 Å². The molecule has 2 rings (SSSR count). The van der Waals surface area contributed by atoms with E-state index < -0.39 is 6.09 Å². The van der Waals surface area contributed by atoms with Gasteiger partial charge in [-0.1, -0.05) is 35.0 Å². The maximum atomic E-state index is 11.8. The summed E-state index contributed by atoms with van der Waals surface area (Å²) in [6.07, 6.45) is 0.804. The molecule has 8 nitrogen and oxygen atoms in total. The first kappa shape index (κ1) is 15.5. The molecule has 0 fully saturated rings. The van der Waals surface area contributed by atoms with E-state index in [1.54, 1.807) is 0 Å². The molecule has 0 radical (unpaired) electrons. The standard InChI is InChI=1S/C14H17N5O3/c1-10-3-5-11(6-4-10)7-15-13(20)9-19-8-12(17-18-19)16-14(21)22-2/h3-6,8H,7,9H2,1-2H3,(H,15,20)(H,16,21). The number of carbonyl (C=O) groups excluding carboxylic acids is 2. The third-order valence-corrected chi connectivity index (χ3v) is 2.87. The Morgan fingerprint density at radius 2 is 2.00 bits per heavy atom. The molecule has 0 bridgehead atoms. The molecule has 22 heavy (non-hydrogen) atoms. The van der Waals surface area contributed by atoms with Crippen LogP contribution < -0.4 is 10.6 Å². The van der Waals surface area contributed by atoms with Gasteiger partial charge in [0.15, 0.2) is 5.82 Å². The van der Waals surface area contributed by atoms with E-state index in [0.29, 0.717) is 6.54 Å². The zero-order valence-corrected chi connectivity index (χ0v) is 12.4. The van der Waals surface area contributed by atoms with Crippen LogP contribution in [0.4, 0.5) is 10.6 Å². The summed E-state index contributed by atoms with van der Waals surface area (Å²) in [5.74, 6) is 0.0216. The van der Waals surface area contributed by atoms with E-state index in [1.807, 2.05) is 31.2 Å². The Kier molecular flexibility index (Phi) is 5.07. The van der Waals surface area contributed by atoms with Crippen LogP contribution in [0.25, 0.3) is 0 Å². The second-order valence-electron chi connectivity index (χ2n) is 4.68. The van der Waals surface area contributed by atoms with Gasteiger partial charge in [0.05, 0.1) is 13.3 Å². The van der Waals surface area contributed by atoms with Gasteiger partial charge in [0.2, 0.25) is 5.91 Å². The van der Waals surface area contributed by atoms with Crippen LogP contribution in [0.3, 0.4) is 0 Å². The zero-order chi connectivity index (χ0) is 15.9. The minimum Gasteiger partial charge on any atom is -0.453 e. The highest BCUT2D eigenvalue weighted by atomic mass is 16.5. The van der Waals surface area contributed by atoms with Crippen LogP contribution in [0.1, 0.15) is 11.1 Å². The third kappa shape index (κ3) is 4.58. The Labute approximate surface area is 127 Å². The summed E-state index contributed by atoms with van der Waals surface area (Å²) in [5.41, 5.74) is 2.19. The topological polar surface area (TPSA) is 98.1 Å². The minimum absolute atomic E-state index is 0.0156. The Morgan fingerprint density at radius 1 is 1.27 bits per heavy atom. The molecule has 1 aromatic heterocycles. The molecule has 2 N–H and O–H groups in total. The minimum atomic E-state index is -0.643. The largest absolute Gasteiger partial charge is 0.453 e. The molecule has 0 aliphatic rings. The number of aromatic nitrogens is 3. The predicted molar refractivity (Wildman–Crippen MR) is 79.1 cm³/mol. The third-order valence-electron chi connectivity index (χ3n) is 2.87. The van der Waals surface area contributed by atoms with Crippen LogP contribution in [0, 0.1) is 6.92 Å². The van der Waals surface area contributed by atoms with Gasteiger partial charge in [0.1, 0.15) is 6.54 Å². The molecule has 0 unspecified atom stereocenters. The summed E-state index contributed by atoms with van der Waals surface area (Å²) >= 11 is 0. The fourth-order valence-corrected chi connectivity index (χ4v) is 1.70. The number of nitrogens with one attached hydrogen (secondary N) is 2. The van der Waals surface area contributed by atoms with Crippen molar-refractivity contribution in [2.24, 2.45) is 0 Å². The van der Waals surface area contributed by atoms with Crippen molar-refractivity contribution < 1.29 is 14.3 Å². The lowest BCUT2D eigenvalue weighted by Gasteiger charge is -2.05. The molecule has 1 aromatic carbocycles. The first-order valence-electron chi connectivity index (χ1n) is 6.64. The van der Waals surface area contributed by atoms with Gasteiger partial charge < -0.3 is 10.1 Å². The highest BCUT2D eigenvalue weighted by Gasteiger charge is 2.08. The van der Waals surface area contributed by atoms with Crippen LogP contribution in [0.15, 0.2) is 30.5 Å². The molecule has 0 aliphatic carbocycles. The normalized spacial score (nSPS) is 10.1. The average Bonchev–Trinajstić information content (AvgIpc) is 2.93. The van der Waals surface area contributed by atoms with Crippen molar-refractivity contribution in [1.29, 1.82) is 0 Å². The SMILES string of the molecule is COC(=O)Nc1cn(CC(=O)NCc2ccc(C)cc2)nn1. The van der Waals surface area contributed by atoms with Crippen LogP contribution in [-0.4, -0.2) is 34.1 Å². The summed E-state index contributed by atoms with van der Waals surface area (Å²) in [4.78, 5) is 22.8. The van der Waals surface area contributed by atoms with E-state index in [2.05, 4.69) is 25.7 Å². The van der Waals surface area contributed by atoms with Gasteiger partial charge in [-0.2, -0.15) is 0 Å². The van der Waals surface area contributed by atoms with E-state index in [4.69, 9.17) is 0 Å². The number of hydrogen-bond donors (Lipinski definition) is 2. The molecule has 116 valence electrons. The number of nitrogens with zero attached hydrogens (tertiary/aromatic N) is 3. The Hall–Kier alpha value is -2.90. The van der Waals surface area contributed by atoms with Crippen LogP contribution in [-0.2, 0) is 22.6 Å². The lowest BCUT2D eigenvalue weighted by atomic mass is 10.1. The Balaban J connectivity index is 1.81. The van der Waals surface area contributed by atoms with Gasteiger partial charge in [-0.15, -0.1) is 5.10 Å². The predicted octanol–water partition coefficient (Wildman–Crippen LogP) is 1.08. The summed E-state index contributed by atoms with van der Waals surface area (Å²) in [6.45, 7) is 2.47. The molecule has 0 saturated carbocycles. The molecular weight excluding hydrogens is 286 g/mol. The van der Waals surface area contributed by atoms with Gasteiger partial charge in [0, 0.05) is 6.54 Å². The maximum absolute atomic E-state index is 11.8. The number of carbonyl (C=O) groups is 2. The molecule has 0 aliphatic heterocycles. The number of anilines is 1. The molecule has 1 heterocycles. The summed E-state index contributed by atoms with van der Waals surface area (Å²) in [5, 5.41) is 12.6. The van der Waals surface area contributed by atoms with E-state index in [0.717, 1.165) is 5.56 Å². The molecule has 0 atom stereocenters. The second-order valence-corrected chi connectivity index (χ2v) is 4.68. The van der Waals surface area contributed by atoms with E-state index >= 15 is 0 Å². The molecular formula is C14H17N5O3. The second kappa shape index (κ2) is 7.21. The molecule has 0 saturated heterocycles. The smallest absolute Gasteiger partial charge is 0.412 e. The van der Waals surface area contributed by atoms with Gasteiger partial charge in [0.25, 0.3) is 0 Å². The summed E-state index contributed by atoms with van der Waals surface area (Å²) < 4.78 is 5.76. The van der Waals surface area contributed by atoms with Crippen LogP contribution >= 0.6 is 0 Å². The van der Waals surface area contributed by atoms with E-state index in [1.165, 1.54) is 23.6 Å². The average molecular weight is 303 g/mol. The number of aryl methyl sites for hydroxylation is 1. The van der Waals surface area contributed by atoms with Crippen molar-refractivity contribution in [1.82, 2.24) is 20.3 Å². The van der Waals surface area contributed by atoms with Crippen molar-refractivity contribution >= 4 is 17.8 Å². The Morgan fingerprint density at radius 3 is 2.68 bits per heavy atom. The maximum Gasteiger partial charge on any atom is 0.412 e. The molecule has 2 amide bonds. The van der Waals surface area contributed by atoms with Gasteiger partial charge >= 0.3 is 6.09 Å². The number of amides is 2. The first-order chi connectivity index (χ1) is 10.6. The van der Waals surface area contributed by atoms with Crippen LogP contribution in [0.5, 0.6) is 0 Å². The fraction of sp³-hybridized carbons (Fsp3) is 0.286. The van der Waals surface area contributed by atoms with Crippen molar-refractivity contribution in [3.8, 4) is 0 Å². The number of benzene rings is 1. The monoisotopic (exact) mass is 303 g/mol. The lowest BCUT2D eigenvalue weighted by molar-refractivity contribution is -0.122. The number of hydrogen-bond acceptors (Lipinski definition) is 5. The fourth-order valence-electron chi connectivity index (χ4n) is 1.70. The van der Waals surface area contributed by atoms with Crippen molar-refractivity contribution in [3.05, 3.63) is 41.6 Å². The number of rotatable bonds is 5. The highest BCUT2D eigenvalue weighted by molar-refractivity contribution is 5.82. The lowest BCUT2D eigenvalue weighted by Crippen LogP contribution is -2.27. The van der Waals surface area contributed by atoms with Gasteiger partial charge in [-0.05, 0) is 12.5 Å². The van der Waals surface area contributed by atoms with Crippen molar-refractivity contribution in [2.75, 3.05) is 12.4 Å². The molecule has 8 heteroatoms. The van der Waals surface area contributed by atoms with E-state index in [-0.39, 0.29) is 18.3 Å². The number of ether oxygens (including phenoxy) is 1. The highest BCUT2D eigenvalue weighted by Crippen LogP contribution is 2.03. The van der Waals surface area contributed by atoms with Gasteiger partial charge in [-0.3, -0.25) is 10.1 Å². The number of methoxy groups -OCH3 is 1. The van der Waals surface area contributed by atoms with Gasteiger partial charge in [-0.25, -0.2) is 9.48 Å². The molecule has 0 spiro atoms. The quantitative estimate of drug-likeness (QED) is 0.861. The Bertz CT molecular complexity index is 651.